The van der Waals surface area contributed by atoms with E-state index in [2.05, 4.69) is 32.8 Å². The maximum absolute atomic E-state index is 13.3. The molecule has 41 heavy (non-hydrogen) atoms. The van der Waals surface area contributed by atoms with E-state index in [0.29, 0.717) is 45.8 Å². The standard InChI is InChI=1S/C32H35N5O4/c1-21-19-26-27(20-25(21)32(40)41-3)35-31(39)28(26)29(22-7-5-4-6-8-22)34-24-11-9-23(10-12-24)30(38)33-13-14-37-17-15-36(2)16-18-37/h4-12,19-20,34H,13-18H2,1-3H3,(H,33,38)(H,35,39)/b29-28-. The molecule has 5 rings (SSSR count). The molecular formula is C32H35N5O4. The molecule has 2 aliphatic heterocycles. The number of ether oxygens (including phenoxy) is 1. The predicted molar refractivity (Wildman–Crippen MR) is 161 cm³/mol. The van der Waals surface area contributed by atoms with Crippen LogP contribution in [0.5, 0.6) is 0 Å². The monoisotopic (exact) mass is 553 g/mol. The van der Waals surface area contributed by atoms with Gasteiger partial charge in [0.1, 0.15) is 0 Å². The molecule has 0 unspecified atom stereocenters. The van der Waals surface area contributed by atoms with E-state index in [0.717, 1.165) is 44.0 Å². The van der Waals surface area contributed by atoms with Crippen LogP contribution < -0.4 is 16.0 Å². The third-order valence-corrected chi connectivity index (χ3v) is 7.55. The Balaban J connectivity index is 1.36. The lowest BCUT2D eigenvalue weighted by atomic mass is 9.96. The summed E-state index contributed by atoms with van der Waals surface area (Å²) in [7, 11) is 3.46. The Morgan fingerprint density at radius 1 is 0.951 bits per heavy atom. The molecule has 1 saturated heterocycles. The summed E-state index contributed by atoms with van der Waals surface area (Å²) in [5, 5.41) is 9.33. The molecule has 0 atom stereocenters. The quantitative estimate of drug-likeness (QED) is 0.289. The summed E-state index contributed by atoms with van der Waals surface area (Å²) in [6.45, 7) is 7.37. The number of hydrogen-bond acceptors (Lipinski definition) is 7. The van der Waals surface area contributed by atoms with Gasteiger partial charge in [0.25, 0.3) is 11.8 Å². The van der Waals surface area contributed by atoms with Crippen LogP contribution in [0.3, 0.4) is 0 Å². The number of likely N-dealkylation sites (N-methyl/N-ethyl adjacent to an activating group) is 1. The summed E-state index contributed by atoms with van der Waals surface area (Å²) in [6.07, 6.45) is 0. The van der Waals surface area contributed by atoms with E-state index < -0.39 is 5.97 Å². The van der Waals surface area contributed by atoms with Crippen molar-refractivity contribution in [2.45, 2.75) is 6.92 Å². The van der Waals surface area contributed by atoms with Crippen LogP contribution in [0.15, 0.2) is 66.7 Å². The van der Waals surface area contributed by atoms with Gasteiger partial charge in [-0.3, -0.25) is 14.5 Å². The molecule has 0 aromatic heterocycles. The smallest absolute Gasteiger partial charge is 0.338 e. The zero-order valence-electron chi connectivity index (χ0n) is 23.6. The van der Waals surface area contributed by atoms with Gasteiger partial charge in [-0.15, -0.1) is 0 Å². The average Bonchev–Trinajstić information content (AvgIpc) is 3.30. The predicted octanol–water partition coefficient (Wildman–Crippen LogP) is 3.69. The number of fused-ring (bicyclic) bond motifs is 1. The fourth-order valence-electron chi connectivity index (χ4n) is 5.14. The van der Waals surface area contributed by atoms with E-state index >= 15 is 0 Å². The van der Waals surface area contributed by atoms with E-state index in [1.807, 2.05) is 55.5 Å². The number of aryl methyl sites for hydroxylation is 1. The molecule has 3 N–H and O–H groups in total. The highest BCUT2D eigenvalue weighted by Crippen LogP contribution is 2.39. The van der Waals surface area contributed by atoms with Crippen molar-refractivity contribution >= 4 is 40.4 Å². The molecule has 2 amide bonds. The Morgan fingerprint density at radius 2 is 1.66 bits per heavy atom. The largest absolute Gasteiger partial charge is 0.465 e. The topological polar surface area (TPSA) is 103 Å². The summed E-state index contributed by atoms with van der Waals surface area (Å²) in [5.41, 5.74) is 5.57. The molecule has 2 heterocycles. The molecule has 9 nitrogen and oxygen atoms in total. The number of nitrogens with one attached hydrogen (secondary N) is 3. The minimum absolute atomic E-state index is 0.117. The Morgan fingerprint density at radius 3 is 2.34 bits per heavy atom. The number of anilines is 2. The van der Waals surface area contributed by atoms with Crippen molar-refractivity contribution in [3.63, 3.8) is 0 Å². The van der Waals surface area contributed by atoms with Crippen LogP contribution >= 0.6 is 0 Å². The lowest BCUT2D eigenvalue weighted by molar-refractivity contribution is -0.110. The summed E-state index contributed by atoms with van der Waals surface area (Å²) in [4.78, 5) is 42.9. The molecule has 2 aliphatic rings. The lowest BCUT2D eigenvalue weighted by Gasteiger charge is -2.32. The van der Waals surface area contributed by atoms with E-state index in [9.17, 15) is 14.4 Å². The van der Waals surface area contributed by atoms with Crippen molar-refractivity contribution in [1.82, 2.24) is 15.1 Å². The Kier molecular flexibility index (Phi) is 8.47. The van der Waals surface area contributed by atoms with Gasteiger partial charge in [0.15, 0.2) is 0 Å². The van der Waals surface area contributed by atoms with Crippen LogP contribution in [0.4, 0.5) is 11.4 Å². The first-order chi connectivity index (χ1) is 19.8. The molecule has 0 spiro atoms. The number of carbonyl (C=O) groups excluding carboxylic acids is 3. The number of amides is 2. The van der Waals surface area contributed by atoms with Gasteiger partial charge in [0.05, 0.1) is 29.6 Å². The van der Waals surface area contributed by atoms with Crippen molar-refractivity contribution in [1.29, 1.82) is 0 Å². The molecule has 3 aromatic rings. The van der Waals surface area contributed by atoms with Crippen LogP contribution in [0.25, 0.3) is 11.3 Å². The SMILES string of the molecule is COC(=O)c1cc2c(cc1C)/C(=C(/Nc1ccc(C(=O)NCCN3CCN(C)CC3)cc1)c1ccccc1)C(=O)N2. The number of carbonyl (C=O) groups is 3. The summed E-state index contributed by atoms with van der Waals surface area (Å²) >= 11 is 0. The van der Waals surface area contributed by atoms with Crippen molar-refractivity contribution in [3.8, 4) is 0 Å². The highest BCUT2D eigenvalue weighted by molar-refractivity contribution is 6.37. The van der Waals surface area contributed by atoms with Gasteiger partial charge in [0, 0.05) is 56.1 Å². The minimum Gasteiger partial charge on any atom is -0.465 e. The maximum Gasteiger partial charge on any atom is 0.338 e. The summed E-state index contributed by atoms with van der Waals surface area (Å²) in [6, 6.07) is 20.3. The molecule has 0 bridgehead atoms. The van der Waals surface area contributed by atoms with Crippen LogP contribution in [0.1, 0.15) is 37.4 Å². The molecule has 3 aromatic carbocycles. The van der Waals surface area contributed by atoms with Gasteiger partial charge in [0.2, 0.25) is 0 Å². The molecular weight excluding hydrogens is 518 g/mol. The molecule has 0 radical (unpaired) electrons. The Bertz CT molecular complexity index is 1480. The highest BCUT2D eigenvalue weighted by Gasteiger charge is 2.30. The van der Waals surface area contributed by atoms with E-state index in [-0.39, 0.29) is 11.8 Å². The van der Waals surface area contributed by atoms with Gasteiger partial charge >= 0.3 is 5.97 Å². The normalized spacial score (nSPS) is 16.5. The van der Waals surface area contributed by atoms with E-state index in [4.69, 9.17) is 4.74 Å². The second-order valence-corrected chi connectivity index (χ2v) is 10.4. The van der Waals surface area contributed by atoms with Crippen LogP contribution in [0.2, 0.25) is 0 Å². The Labute approximate surface area is 240 Å². The van der Waals surface area contributed by atoms with Gasteiger partial charge in [-0.25, -0.2) is 4.79 Å². The van der Waals surface area contributed by atoms with Gasteiger partial charge in [-0.1, -0.05) is 30.3 Å². The van der Waals surface area contributed by atoms with E-state index in [1.54, 1.807) is 18.2 Å². The molecule has 0 saturated carbocycles. The van der Waals surface area contributed by atoms with Gasteiger partial charge < -0.3 is 25.6 Å². The number of esters is 1. The number of piperazine rings is 1. The first-order valence-corrected chi connectivity index (χ1v) is 13.7. The van der Waals surface area contributed by atoms with Gasteiger partial charge in [-0.2, -0.15) is 0 Å². The number of benzene rings is 3. The molecule has 9 heteroatoms. The van der Waals surface area contributed by atoms with Crippen LogP contribution in [0, 0.1) is 6.92 Å². The minimum atomic E-state index is -0.457. The van der Waals surface area contributed by atoms with Crippen molar-refractivity contribution in [2.75, 3.05) is 64.1 Å². The summed E-state index contributed by atoms with van der Waals surface area (Å²) < 4.78 is 4.90. The van der Waals surface area contributed by atoms with Crippen LogP contribution in [-0.2, 0) is 9.53 Å². The molecule has 1 fully saturated rings. The molecule has 0 aliphatic carbocycles. The van der Waals surface area contributed by atoms with E-state index in [1.165, 1.54) is 7.11 Å². The second kappa shape index (κ2) is 12.4. The first-order valence-electron chi connectivity index (χ1n) is 13.7. The third-order valence-electron chi connectivity index (χ3n) is 7.55. The molecule has 212 valence electrons. The first kappa shape index (κ1) is 28.1. The van der Waals surface area contributed by atoms with Gasteiger partial charge in [-0.05, 0) is 61.5 Å². The van der Waals surface area contributed by atoms with Crippen molar-refractivity contribution in [3.05, 3.63) is 94.5 Å². The average molecular weight is 554 g/mol. The van der Waals surface area contributed by atoms with Crippen LogP contribution in [-0.4, -0.2) is 81.0 Å². The number of hydrogen-bond donors (Lipinski definition) is 3. The van der Waals surface area contributed by atoms with Crippen molar-refractivity contribution in [2.24, 2.45) is 0 Å². The lowest BCUT2D eigenvalue weighted by Crippen LogP contribution is -2.46. The number of rotatable bonds is 8. The fraction of sp³-hybridized carbons (Fsp3) is 0.281. The highest BCUT2D eigenvalue weighted by atomic mass is 16.5. The maximum atomic E-state index is 13.3. The Hall–Kier alpha value is -4.47. The zero-order valence-corrected chi connectivity index (χ0v) is 23.6. The number of methoxy groups -OCH3 is 1. The fourth-order valence-corrected chi connectivity index (χ4v) is 5.14. The zero-order chi connectivity index (χ0) is 28.9. The summed E-state index contributed by atoms with van der Waals surface area (Å²) in [5.74, 6) is -0.848. The second-order valence-electron chi connectivity index (χ2n) is 10.4. The third kappa shape index (κ3) is 6.32. The number of nitrogens with zero attached hydrogens (tertiary/aromatic N) is 2. The van der Waals surface area contributed by atoms with Crippen molar-refractivity contribution < 1.29 is 19.1 Å².